The van der Waals surface area contributed by atoms with Gasteiger partial charge in [0.05, 0.1) is 22.0 Å². The van der Waals surface area contributed by atoms with E-state index >= 15 is 0 Å². The van der Waals surface area contributed by atoms with Crippen molar-refractivity contribution < 1.29 is 24.1 Å². The number of nitrogens with one attached hydrogen (secondary N) is 2. The van der Waals surface area contributed by atoms with Crippen molar-refractivity contribution in [2.45, 2.75) is 13.8 Å². The molecule has 0 radical (unpaired) electrons. The number of hydrogen-bond acceptors (Lipinski definition) is 9. The second-order valence-corrected chi connectivity index (χ2v) is 5.38. The Bertz CT molecular complexity index is 1130. The van der Waals surface area contributed by atoms with Gasteiger partial charge < -0.3 is 14.5 Å². The summed E-state index contributed by atoms with van der Waals surface area (Å²) in [4.78, 5) is 59.0. The SMILES string of the molecule is CCOc1c(OC(C)=O)ccc(C=Cc2[nH]c(=O)[nH]c(=O)c2[N+](=O)[O-])c1[N+](=O)[O-]. The molecule has 13 heteroatoms. The molecule has 0 unspecified atom stereocenters. The van der Waals surface area contributed by atoms with E-state index in [1.165, 1.54) is 12.1 Å². The Morgan fingerprint density at radius 2 is 1.76 bits per heavy atom. The molecule has 0 aliphatic rings. The van der Waals surface area contributed by atoms with Crippen LogP contribution >= 0.6 is 0 Å². The summed E-state index contributed by atoms with van der Waals surface area (Å²) < 4.78 is 10.2. The molecule has 2 aromatic rings. The van der Waals surface area contributed by atoms with Gasteiger partial charge >= 0.3 is 28.6 Å². The fourth-order valence-corrected chi connectivity index (χ4v) is 2.38. The number of nitro groups is 2. The summed E-state index contributed by atoms with van der Waals surface area (Å²) in [5.41, 5.74) is -4.27. The number of aromatic nitrogens is 2. The van der Waals surface area contributed by atoms with Gasteiger partial charge in [-0.05, 0) is 31.2 Å². The van der Waals surface area contributed by atoms with Crippen molar-refractivity contribution in [2.24, 2.45) is 0 Å². The van der Waals surface area contributed by atoms with Crippen LogP contribution in [0.2, 0.25) is 0 Å². The number of esters is 1. The number of hydrogen-bond donors (Lipinski definition) is 2. The summed E-state index contributed by atoms with van der Waals surface area (Å²) in [5, 5.41) is 22.7. The number of nitro benzene ring substituents is 1. The quantitative estimate of drug-likeness (QED) is 0.296. The first-order valence-corrected chi connectivity index (χ1v) is 7.97. The minimum atomic E-state index is -1.23. The van der Waals surface area contributed by atoms with Crippen LogP contribution in [-0.2, 0) is 4.79 Å². The molecule has 0 aliphatic heterocycles. The van der Waals surface area contributed by atoms with Crippen molar-refractivity contribution in [1.82, 2.24) is 9.97 Å². The number of ether oxygens (including phenoxy) is 2. The van der Waals surface area contributed by atoms with Crippen molar-refractivity contribution >= 4 is 29.5 Å². The molecule has 0 aliphatic carbocycles. The van der Waals surface area contributed by atoms with Gasteiger partial charge in [0, 0.05) is 6.92 Å². The van der Waals surface area contributed by atoms with Gasteiger partial charge in [-0.1, -0.05) is 0 Å². The highest BCUT2D eigenvalue weighted by atomic mass is 16.6. The maximum atomic E-state index is 11.6. The third-order valence-corrected chi connectivity index (χ3v) is 3.41. The molecule has 1 aromatic carbocycles. The van der Waals surface area contributed by atoms with Gasteiger partial charge in [-0.25, -0.2) is 4.79 Å². The number of H-pyrrole nitrogens is 2. The predicted molar refractivity (Wildman–Crippen MR) is 98.8 cm³/mol. The summed E-state index contributed by atoms with van der Waals surface area (Å²) in [6.07, 6.45) is 2.05. The van der Waals surface area contributed by atoms with E-state index in [1.807, 2.05) is 0 Å². The van der Waals surface area contributed by atoms with Crippen molar-refractivity contribution in [3.63, 3.8) is 0 Å². The first kappa shape index (κ1) is 21.0. The predicted octanol–water partition coefficient (Wildman–Crippen LogP) is 1.37. The zero-order valence-corrected chi connectivity index (χ0v) is 15.1. The van der Waals surface area contributed by atoms with E-state index in [0.717, 1.165) is 19.1 Å². The summed E-state index contributed by atoms with van der Waals surface area (Å²) >= 11 is 0. The Morgan fingerprint density at radius 3 is 2.31 bits per heavy atom. The summed E-state index contributed by atoms with van der Waals surface area (Å²) in [7, 11) is 0. The van der Waals surface area contributed by atoms with Crippen LogP contribution in [0.1, 0.15) is 25.1 Å². The Labute approximate surface area is 160 Å². The number of benzene rings is 1. The van der Waals surface area contributed by atoms with Crippen LogP contribution in [0, 0.1) is 20.2 Å². The third-order valence-electron chi connectivity index (χ3n) is 3.41. The van der Waals surface area contributed by atoms with E-state index in [2.05, 4.69) is 4.98 Å². The third kappa shape index (κ3) is 4.71. The van der Waals surface area contributed by atoms with Gasteiger partial charge in [-0.3, -0.25) is 34.8 Å². The lowest BCUT2D eigenvalue weighted by Crippen LogP contribution is -2.25. The molecule has 13 nitrogen and oxygen atoms in total. The molecule has 0 fully saturated rings. The van der Waals surface area contributed by atoms with Crippen LogP contribution < -0.4 is 20.7 Å². The number of aromatic amines is 2. The average molecular weight is 406 g/mol. The van der Waals surface area contributed by atoms with Crippen molar-refractivity contribution in [1.29, 1.82) is 0 Å². The molecule has 0 saturated carbocycles. The molecular weight excluding hydrogens is 392 g/mol. The highest BCUT2D eigenvalue weighted by Gasteiger charge is 2.26. The molecule has 0 amide bonds. The maximum Gasteiger partial charge on any atom is 0.357 e. The highest BCUT2D eigenvalue weighted by Crippen LogP contribution is 2.40. The molecule has 1 aromatic heterocycles. The van der Waals surface area contributed by atoms with E-state index in [-0.39, 0.29) is 23.7 Å². The Hall–Kier alpha value is -4.29. The maximum absolute atomic E-state index is 11.6. The lowest BCUT2D eigenvalue weighted by atomic mass is 10.1. The van der Waals surface area contributed by atoms with Gasteiger partial charge in [-0.15, -0.1) is 0 Å². The van der Waals surface area contributed by atoms with Crippen LogP contribution in [0.3, 0.4) is 0 Å². The van der Waals surface area contributed by atoms with Gasteiger partial charge in [-0.2, -0.15) is 0 Å². The molecular formula is C16H14N4O9. The molecule has 29 heavy (non-hydrogen) atoms. The summed E-state index contributed by atoms with van der Waals surface area (Å²) in [6, 6.07) is 2.46. The number of rotatable bonds is 7. The zero-order chi connectivity index (χ0) is 21.7. The zero-order valence-electron chi connectivity index (χ0n) is 15.1. The van der Waals surface area contributed by atoms with Crippen molar-refractivity contribution in [2.75, 3.05) is 6.61 Å². The minimum Gasteiger partial charge on any atom is -0.485 e. The molecule has 2 N–H and O–H groups in total. The Morgan fingerprint density at radius 1 is 1.10 bits per heavy atom. The van der Waals surface area contributed by atoms with Crippen LogP contribution in [0.5, 0.6) is 11.5 Å². The van der Waals surface area contributed by atoms with Gasteiger partial charge in [0.15, 0.2) is 5.75 Å². The minimum absolute atomic E-state index is 0.0229. The molecule has 0 atom stereocenters. The first-order valence-electron chi connectivity index (χ1n) is 7.97. The molecule has 0 saturated heterocycles. The smallest absolute Gasteiger partial charge is 0.357 e. The Kier molecular flexibility index (Phi) is 6.23. The van der Waals surface area contributed by atoms with Crippen molar-refractivity contribution in [3.05, 3.63) is 64.5 Å². The number of nitrogens with zero attached hydrogens (tertiary/aromatic N) is 2. The van der Waals surface area contributed by atoms with E-state index in [4.69, 9.17) is 9.47 Å². The van der Waals surface area contributed by atoms with Gasteiger partial charge in [0.1, 0.15) is 5.69 Å². The second kappa shape index (κ2) is 8.60. The fraction of sp³-hybridized carbons (Fsp3) is 0.188. The lowest BCUT2D eigenvalue weighted by Gasteiger charge is -2.11. The summed E-state index contributed by atoms with van der Waals surface area (Å²) in [6.45, 7) is 2.70. The van der Waals surface area contributed by atoms with E-state index in [1.54, 1.807) is 11.9 Å². The fourth-order valence-electron chi connectivity index (χ4n) is 2.38. The largest absolute Gasteiger partial charge is 0.485 e. The molecule has 0 spiro atoms. The van der Waals surface area contributed by atoms with Crippen molar-refractivity contribution in [3.8, 4) is 11.5 Å². The van der Waals surface area contributed by atoms with Crippen LogP contribution in [0.15, 0.2) is 21.7 Å². The molecule has 152 valence electrons. The van der Waals surface area contributed by atoms with E-state index in [9.17, 15) is 34.6 Å². The first-order chi connectivity index (χ1) is 13.6. The molecule has 2 rings (SSSR count). The Balaban J connectivity index is 2.68. The summed E-state index contributed by atoms with van der Waals surface area (Å²) in [5.74, 6) is -1.22. The monoisotopic (exact) mass is 406 g/mol. The van der Waals surface area contributed by atoms with Gasteiger partial charge in [0.2, 0.25) is 5.75 Å². The van der Waals surface area contributed by atoms with Crippen LogP contribution in [0.4, 0.5) is 11.4 Å². The van der Waals surface area contributed by atoms with E-state index < -0.39 is 44.1 Å². The standard InChI is InChI=1S/C16H14N4O9/c1-3-28-14-11(29-8(2)21)7-5-9(12(14)19(24)25)4-6-10-13(20(26)27)15(22)18-16(23)17-10/h4-7H,3H2,1-2H3,(H2,17,18,22,23). The van der Waals surface area contributed by atoms with Crippen LogP contribution in [-0.4, -0.2) is 32.4 Å². The second-order valence-electron chi connectivity index (χ2n) is 5.38. The number of carbonyl (C=O) groups is 1. The normalized spacial score (nSPS) is 10.7. The average Bonchev–Trinajstić information content (AvgIpc) is 2.60. The molecule has 0 bridgehead atoms. The molecule has 1 heterocycles. The topological polar surface area (TPSA) is 188 Å². The van der Waals surface area contributed by atoms with E-state index in [0.29, 0.717) is 0 Å². The highest BCUT2D eigenvalue weighted by molar-refractivity contribution is 5.80. The van der Waals surface area contributed by atoms with Crippen LogP contribution in [0.25, 0.3) is 12.2 Å². The lowest BCUT2D eigenvalue weighted by molar-refractivity contribution is -0.386. The number of carbonyl (C=O) groups excluding carboxylic acids is 1. The van der Waals surface area contributed by atoms with Gasteiger partial charge in [0.25, 0.3) is 0 Å².